The number of nitrogens with zero attached hydrogens (tertiary/aromatic N) is 4. The molecule has 0 unspecified atom stereocenters. The highest BCUT2D eigenvalue weighted by Crippen LogP contribution is 2.36. The van der Waals surface area contributed by atoms with Gasteiger partial charge >= 0.3 is 0 Å². The van der Waals surface area contributed by atoms with Gasteiger partial charge in [-0.3, -0.25) is 4.98 Å². The maximum atomic E-state index is 4.59. The van der Waals surface area contributed by atoms with Crippen LogP contribution in [0.3, 0.4) is 0 Å². The summed E-state index contributed by atoms with van der Waals surface area (Å²) in [5.74, 6) is 0. The van der Waals surface area contributed by atoms with Crippen molar-refractivity contribution in [3.8, 4) is 20.6 Å². The van der Waals surface area contributed by atoms with Gasteiger partial charge in [0, 0.05) is 12.7 Å². The summed E-state index contributed by atoms with van der Waals surface area (Å²) in [7, 11) is 0. The van der Waals surface area contributed by atoms with E-state index in [0.29, 0.717) is 0 Å². The molecular formula is C13H13N5S2. The van der Waals surface area contributed by atoms with Crippen LogP contribution >= 0.6 is 22.7 Å². The maximum Gasteiger partial charge on any atom is 0.206 e. The predicted octanol–water partition coefficient (Wildman–Crippen LogP) is 3.46. The van der Waals surface area contributed by atoms with Crippen molar-refractivity contribution in [3.05, 3.63) is 30.1 Å². The molecule has 0 aliphatic rings. The summed E-state index contributed by atoms with van der Waals surface area (Å²) in [5.41, 5.74) is 1.86. The second-order valence-corrected chi connectivity index (χ2v) is 6.07. The molecule has 0 amide bonds. The van der Waals surface area contributed by atoms with Crippen molar-refractivity contribution in [2.45, 2.75) is 13.8 Å². The maximum absolute atomic E-state index is 4.59. The molecule has 0 fully saturated rings. The Kier molecular flexibility index (Phi) is 3.70. The summed E-state index contributed by atoms with van der Waals surface area (Å²) in [6.45, 7) is 4.88. The number of hydrogen-bond donors (Lipinski definition) is 1. The van der Waals surface area contributed by atoms with Gasteiger partial charge in [0.05, 0.1) is 16.3 Å². The first-order valence-corrected chi connectivity index (χ1v) is 7.88. The molecule has 0 atom stereocenters. The minimum Gasteiger partial charge on any atom is -0.360 e. The Morgan fingerprint density at radius 1 is 1.15 bits per heavy atom. The average Bonchev–Trinajstić information content (AvgIpc) is 3.07. The SMILES string of the molecule is CCNc1nnc(-c2sc(-c3ccccn3)nc2C)s1. The Hall–Kier alpha value is -1.86. The number of rotatable bonds is 4. The van der Waals surface area contributed by atoms with Crippen molar-refractivity contribution in [1.82, 2.24) is 20.2 Å². The molecule has 0 aliphatic heterocycles. The molecule has 7 heteroatoms. The van der Waals surface area contributed by atoms with E-state index in [9.17, 15) is 0 Å². The Morgan fingerprint density at radius 2 is 2.05 bits per heavy atom. The van der Waals surface area contributed by atoms with Gasteiger partial charge in [-0.15, -0.1) is 21.5 Å². The first-order chi connectivity index (χ1) is 9.78. The van der Waals surface area contributed by atoms with E-state index in [4.69, 9.17) is 0 Å². The van der Waals surface area contributed by atoms with Gasteiger partial charge in [0.2, 0.25) is 5.13 Å². The molecule has 0 radical (unpaired) electrons. The lowest BCUT2D eigenvalue weighted by Crippen LogP contribution is -1.94. The van der Waals surface area contributed by atoms with Crippen LogP contribution in [-0.2, 0) is 0 Å². The van der Waals surface area contributed by atoms with Gasteiger partial charge in [-0.05, 0) is 26.0 Å². The average molecular weight is 303 g/mol. The van der Waals surface area contributed by atoms with Crippen molar-refractivity contribution in [2.75, 3.05) is 11.9 Å². The molecule has 0 bridgehead atoms. The molecule has 0 spiro atoms. The van der Waals surface area contributed by atoms with E-state index in [1.165, 1.54) is 0 Å². The minimum absolute atomic E-state index is 0.842. The molecule has 0 aliphatic carbocycles. The van der Waals surface area contributed by atoms with Gasteiger partial charge in [0.15, 0.2) is 5.01 Å². The zero-order chi connectivity index (χ0) is 13.9. The van der Waals surface area contributed by atoms with Crippen LogP contribution in [0.15, 0.2) is 24.4 Å². The first kappa shape index (κ1) is 13.1. The predicted molar refractivity (Wildman–Crippen MR) is 83.1 cm³/mol. The van der Waals surface area contributed by atoms with Crippen molar-refractivity contribution in [3.63, 3.8) is 0 Å². The fourth-order valence-electron chi connectivity index (χ4n) is 1.73. The van der Waals surface area contributed by atoms with Crippen molar-refractivity contribution in [1.29, 1.82) is 0 Å². The van der Waals surface area contributed by atoms with Crippen LogP contribution < -0.4 is 5.32 Å². The van der Waals surface area contributed by atoms with Crippen molar-refractivity contribution < 1.29 is 0 Å². The normalized spacial score (nSPS) is 10.7. The number of aryl methyl sites for hydroxylation is 1. The summed E-state index contributed by atoms with van der Waals surface area (Å²) in [5, 5.41) is 14.2. The fraction of sp³-hybridized carbons (Fsp3) is 0.231. The largest absolute Gasteiger partial charge is 0.360 e. The summed E-state index contributed by atoms with van der Waals surface area (Å²) >= 11 is 3.15. The smallest absolute Gasteiger partial charge is 0.206 e. The van der Waals surface area contributed by atoms with Crippen molar-refractivity contribution >= 4 is 27.8 Å². The first-order valence-electron chi connectivity index (χ1n) is 6.24. The van der Waals surface area contributed by atoms with Gasteiger partial charge in [-0.1, -0.05) is 17.4 Å². The van der Waals surface area contributed by atoms with E-state index >= 15 is 0 Å². The molecule has 5 nitrogen and oxygen atoms in total. The number of anilines is 1. The minimum atomic E-state index is 0.842. The monoisotopic (exact) mass is 303 g/mol. The number of thiazole rings is 1. The van der Waals surface area contributed by atoms with Crippen LogP contribution in [0.4, 0.5) is 5.13 Å². The number of hydrogen-bond acceptors (Lipinski definition) is 7. The summed E-state index contributed by atoms with van der Waals surface area (Å²) in [6, 6.07) is 5.83. The van der Waals surface area contributed by atoms with Gasteiger partial charge in [-0.2, -0.15) is 0 Å². The third-order valence-corrected chi connectivity index (χ3v) is 4.84. The Labute approximate surface area is 124 Å². The molecule has 20 heavy (non-hydrogen) atoms. The van der Waals surface area contributed by atoms with E-state index in [-0.39, 0.29) is 0 Å². The van der Waals surface area contributed by atoms with E-state index < -0.39 is 0 Å². The lowest BCUT2D eigenvalue weighted by atomic mass is 10.3. The van der Waals surface area contributed by atoms with Crippen LogP contribution in [0.5, 0.6) is 0 Å². The highest BCUT2D eigenvalue weighted by molar-refractivity contribution is 7.24. The number of pyridine rings is 1. The summed E-state index contributed by atoms with van der Waals surface area (Å²) in [6.07, 6.45) is 1.78. The highest BCUT2D eigenvalue weighted by Gasteiger charge is 2.15. The Balaban J connectivity index is 1.96. The van der Waals surface area contributed by atoms with Crippen LogP contribution in [0.25, 0.3) is 20.6 Å². The van der Waals surface area contributed by atoms with Gasteiger partial charge < -0.3 is 5.32 Å². The molecule has 3 heterocycles. The van der Waals surface area contributed by atoms with Crippen molar-refractivity contribution in [2.24, 2.45) is 0 Å². The van der Waals surface area contributed by atoms with Crippen LogP contribution in [0.1, 0.15) is 12.6 Å². The van der Waals surface area contributed by atoms with E-state index in [1.807, 2.05) is 32.0 Å². The Bertz CT molecular complexity index is 705. The zero-order valence-electron chi connectivity index (χ0n) is 11.1. The zero-order valence-corrected chi connectivity index (χ0v) is 12.8. The highest BCUT2D eigenvalue weighted by atomic mass is 32.1. The third-order valence-electron chi connectivity index (χ3n) is 2.63. The molecule has 3 rings (SSSR count). The van der Waals surface area contributed by atoms with E-state index in [2.05, 4.69) is 25.5 Å². The molecule has 0 saturated heterocycles. The van der Waals surface area contributed by atoms with Gasteiger partial charge in [0.25, 0.3) is 0 Å². The summed E-state index contributed by atoms with van der Waals surface area (Å²) < 4.78 is 0. The standard InChI is InChI=1S/C13H13N5S2/c1-3-14-13-18-17-12(20-13)10-8(2)16-11(19-10)9-6-4-5-7-15-9/h4-7H,3H2,1-2H3,(H,14,18). The van der Waals surface area contributed by atoms with Crippen LogP contribution in [0, 0.1) is 6.92 Å². The van der Waals surface area contributed by atoms with E-state index in [1.54, 1.807) is 28.9 Å². The summed E-state index contributed by atoms with van der Waals surface area (Å²) in [4.78, 5) is 9.98. The molecule has 1 N–H and O–H groups in total. The molecule has 0 aromatic carbocycles. The van der Waals surface area contributed by atoms with Gasteiger partial charge in [-0.25, -0.2) is 4.98 Å². The fourth-order valence-corrected chi connectivity index (χ4v) is 3.71. The molecular weight excluding hydrogens is 290 g/mol. The lowest BCUT2D eigenvalue weighted by molar-refractivity contribution is 1.07. The van der Waals surface area contributed by atoms with Gasteiger partial charge in [0.1, 0.15) is 5.01 Å². The number of nitrogens with one attached hydrogen (secondary N) is 1. The molecule has 102 valence electrons. The second kappa shape index (κ2) is 5.64. The molecule has 0 saturated carbocycles. The molecule has 3 aromatic heterocycles. The topological polar surface area (TPSA) is 63.6 Å². The second-order valence-electron chi connectivity index (χ2n) is 4.09. The van der Waals surface area contributed by atoms with Crippen LogP contribution in [0.2, 0.25) is 0 Å². The lowest BCUT2D eigenvalue weighted by Gasteiger charge is -1.92. The van der Waals surface area contributed by atoms with Crippen LogP contribution in [-0.4, -0.2) is 26.7 Å². The van der Waals surface area contributed by atoms with E-state index in [0.717, 1.165) is 38.0 Å². The quantitative estimate of drug-likeness (QED) is 0.799. The Morgan fingerprint density at radius 3 is 2.80 bits per heavy atom. The third kappa shape index (κ3) is 2.54. The molecule has 3 aromatic rings. The number of aromatic nitrogens is 4.